The topological polar surface area (TPSA) is 68.2 Å². The summed E-state index contributed by atoms with van der Waals surface area (Å²) >= 11 is 0. The molecule has 5 rings (SSSR count). The zero-order chi connectivity index (χ0) is 21.2. The van der Waals surface area contributed by atoms with Crippen LogP contribution in [0.2, 0.25) is 0 Å². The van der Waals surface area contributed by atoms with Crippen molar-refractivity contribution in [1.29, 1.82) is 0 Å². The maximum absolute atomic E-state index is 13.8. The van der Waals surface area contributed by atoms with Gasteiger partial charge in [-0.2, -0.15) is 0 Å². The normalized spacial score (nSPS) is 22.4. The monoisotopic (exact) mass is 414 g/mol. The molecule has 0 saturated carbocycles. The van der Waals surface area contributed by atoms with E-state index in [4.69, 9.17) is 4.74 Å². The first-order valence-electron chi connectivity index (χ1n) is 11.0. The lowest BCUT2D eigenvalue weighted by Crippen LogP contribution is -2.49. The van der Waals surface area contributed by atoms with E-state index in [9.17, 15) is 4.79 Å². The lowest BCUT2D eigenvalue weighted by Gasteiger charge is -2.40. The molecule has 31 heavy (non-hydrogen) atoms. The summed E-state index contributed by atoms with van der Waals surface area (Å²) in [5.41, 5.74) is 2.54. The van der Waals surface area contributed by atoms with Crippen molar-refractivity contribution in [3.63, 3.8) is 0 Å². The molecule has 6 heteroatoms. The standard InChI is InChI=1S/C25H26N4O2/c1-17-6-10-20(24-27-13-4-14-28-24)21(15-17)25(30)29-19-8-7-18(22(29)11-9-19)16-31-23-5-2-3-12-26-23/h2-6,10,12-15,18-19,22H,7-9,11,16H2,1H3/t18-,19?,22+/m1/s1. The van der Waals surface area contributed by atoms with Gasteiger partial charge in [0.05, 0.1) is 12.2 Å². The van der Waals surface area contributed by atoms with E-state index in [0.717, 1.165) is 36.8 Å². The van der Waals surface area contributed by atoms with Gasteiger partial charge in [0.25, 0.3) is 5.91 Å². The van der Waals surface area contributed by atoms with Gasteiger partial charge in [0, 0.05) is 48.2 Å². The second-order valence-corrected chi connectivity index (χ2v) is 8.45. The Morgan fingerprint density at radius 1 is 1.00 bits per heavy atom. The second kappa shape index (κ2) is 8.46. The van der Waals surface area contributed by atoms with Crippen LogP contribution in [0.25, 0.3) is 11.4 Å². The van der Waals surface area contributed by atoms with Gasteiger partial charge >= 0.3 is 0 Å². The third kappa shape index (κ3) is 3.90. The summed E-state index contributed by atoms with van der Waals surface area (Å²) in [5, 5.41) is 0. The van der Waals surface area contributed by atoms with Crippen LogP contribution in [0.15, 0.2) is 61.1 Å². The summed E-state index contributed by atoms with van der Waals surface area (Å²) in [6, 6.07) is 13.9. The first kappa shape index (κ1) is 19.7. The van der Waals surface area contributed by atoms with Crippen molar-refractivity contribution in [2.24, 2.45) is 5.92 Å². The second-order valence-electron chi connectivity index (χ2n) is 8.45. The predicted molar refractivity (Wildman–Crippen MR) is 118 cm³/mol. The van der Waals surface area contributed by atoms with Crippen molar-refractivity contribution in [1.82, 2.24) is 19.9 Å². The number of rotatable bonds is 5. The van der Waals surface area contributed by atoms with E-state index in [-0.39, 0.29) is 11.9 Å². The van der Waals surface area contributed by atoms with Crippen molar-refractivity contribution < 1.29 is 9.53 Å². The van der Waals surface area contributed by atoms with Gasteiger partial charge in [0.2, 0.25) is 5.88 Å². The van der Waals surface area contributed by atoms with Crippen LogP contribution in [0.3, 0.4) is 0 Å². The Balaban J connectivity index is 1.41. The molecule has 4 heterocycles. The fourth-order valence-electron chi connectivity index (χ4n) is 5.00. The molecule has 2 bridgehead atoms. The number of benzene rings is 1. The Hall–Kier alpha value is -3.28. The highest BCUT2D eigenvalue weighted by molar-refractivity contribution is 6.01. The Kier molecular flexibility index (Phi) is 5.37. The molecule has 1 amide bonds. The number of carbonyl (C=O) groups is 1. The lowest BCUT2D eigenvalue weighted by molar-refractivity contribution is 0.0404. The van der Waals surface area contributed by atoms with Crippen LogP contribution in [-0.4, -0.2) is 44.4 Å². The van der Waals surface area contributed by atoms with E-state index >= 15 is 0 Å². The highest BCUT2D eigenvalue weighted by Crippen LogP contribution is 2.41. The van der Waals surface area contributed by atoms with Crippen LogP contribution < -0.4 is 4.74 Å². The van der Waals surface area contributed by atoms with Crippen molar-refractivity contribution in [3.8, 4) is 17.3 Å². The molecule has 2 fully saturated rings. The molecule has 1 aromatic carbocycles. The number of amides is 1. The zero-order valence-corrected chi connectivity index (χ0v) is 17.6. The summed E-state index contributed by atoms with van der Waals surface area (Å²) in [7, 11) is 0. The van der Waals surface area contributed by atoms with Crippen LogP contribution in [-0.2, 0) is 0 Å². The highest BCUT2D eigenvalue weighted by atomic mass is 16.5. The maximum atomic E-state index is 13.8. The number of fused-ring (bicyclic) bond motifs is 2. The van der Waals surface area contributed by atoms with E-state index < -0.39 is 0 Å². The summed E-state index contributed by atoms with van der Waals surface area (Å²) < 4.78 is 5.97. The summed E-state index contributed by atoms with van der Waals surface area (Å²) in [6.45, 7) is 2.60. The van der Waals surface area contributed by atoms with Gasteiger partial charge in [-0.05, 0) is 50.8 Å². The molecule has 2 aliphatic heterocycles. The molecular weight excluding hydrogens is 388 g/mol. The zero-order valence-electron chi connectivity index (χ0n) is 17.6. The van der Waals surface area contributed by atoms with Crippen LogP contribution in [0.5, 0.6) is 5.88 Å². The Labute approximate surface area is 182 Å². The van der Waals surface area contributed by atoms with Crippen molar-refractivity contribution >= 4 is 5.91 Å². The fourth-order valence-corrected chi connectivity index (χ4v) is 5.00. The molecule has 0 N–H and O–H groups in total. The average Bonchev–Trinajstić information content (AvgIpc) is 3.13. The van der Waals surface area contributed by atoms with Crippen LogP contribution in [0.1, 0.15) is 41.6 Å². The number of ether oxygens (including phenoxy) is 1. The summed E-state index contributed by atoms with van der Waals surface area (Å²) in [6.07, 6.45) is 9.34. The number of hydrogen-bond acceptors (Lipinski definition) is 5. The van der Waals surface area contributed by atoms with Gasteiger partial charge in [-0.15, -0.1) is 0 Å². The van der Waals surface area contributed by atoms with Gasteiger partial charge in [-0.25, -0.2) is 15.0 Å². The number of hydrogen-bond donors (Lipinski definition) is 0. The molecule has 2 aromatic heterocycles. The molecule has 6 nitrogen and oxygen atoms in total. The molecule has 0 spiro atoms. The van der Waals surface area contributed by atoms with Gasteiger partial charge in [-0.1, -0.05) is 23.8 Å². The quantitative estimate of drug-likeness (QED) is 0.622. The predicted octanol–water partition coefficient (Wildman–Crippen LogP) is 4.31. The SMILES string of the molecule is Cc1ccc(-c2ncccn2)c(C(=O)N2C3CC[C@H](COc4ccccn4)[C@@H]2CC3)c1. The minimum atomic E-state index is 0.0844. The number of pyridine rings is 1. The third-order valence-corrected chi connectivity index (χ3v) is 6.49. The molecule has 2 saturated heterocycles. The van der Waals surface area contributed by atoms with E-state index in [1.807, 2.05) is 43.3 Å². The number of aryl methyl sites for hydroxylation is 1. The average molecular weight is 415 g/mol. The van der Waals surface area contributed by atoms with Crippen molar-refractivity contribution in [2.45, 2.75) is 44.7 Å². The van der Waals surface area contributed by atoms with Crippen LogP contribution in [0.4, 0.5) is 0 Å². The smallest absolute Gasteiger partial charge is 0.255 e. The molecule has 3 atom stereocenters. The number of piperidine rings is 1. The van der Waals surface area contributed by atoms with Crippen LogP contribution in [0, 0.1) is 12.8 Å². The highest BCUT2D eigenvalue weighted by Gasteiger charge is 2.45. The van der Waals surface area contributed by atoms with E-state index in [1.54, 1.807) is 24.7 Å². The van der Waals surface area contributed by atoms with Gasteiger partial charge in [0.1, 0.15) is 0 Å². The third-order valence-electron chi connectivity index (χ3n) is 6.49. The Morgan fingerprint density at radius 2 is 1.81 bits per heavy atom. The van der Waals surface area contributed by atoms with Gasteiger partial charge in [-0.3, -0.25) is 4.79 Å². The minimum Gasteiger partial charge on any atom is -0.477 e. The number of aromatic nitrogens is 3. The molecule has 158 valence electrons. The minimum absolute atomic E-state index is 0.0844. The maximum Gasteiger partial charge on any atom is 0.255 e. The van der Waals surface area contributed by atoms with Crippen molar-refractivity contribution in [2.75, 3.05) is 6.61 Å². The van der Waals surface area contributed by atoms with Gasteiger partial charge in [0.15, 0.2) is 5.82 Å². The summed E-state index contributed by atoms with van der Waals surface area (Å²) in [4.78, 5) is 29.0. The molecule has 0 aliphatic carbocycles. The first-order chi connectivity index (χ1) is 15.2. The van der Waals surface area contributed by atoms with Crippen LogP contribution >= 0.6 is 0 Å². The van der Waals surface area contributed by atoms with E-state index in [2.05, 4.69) is 19.9 Å². The Morgan fingerprint density at radius 3 is 2.61 bits per heavy atom. The molecule has 1 unspecified atom stereocenters. The molecular formula is C25H26N4O2. The lowest BCUT2D eigenvalue weighted by atomic mass is 9.89. The fraction of sp³-hybridized carbons (Fsp3) is 0.360. The van der Waals surface area contributed by atoms with Gasteiger partial charge < -0.3 is 9.64 Å². The number of carbonyl (C=O) groups excluding carboxylic acids is 1. The number of nitrogens with zero attached hydrogens (tertiary/aromatic N) is 4. The summed E-state index contributed by atoms with van der Waals surface area (Å²) in [5.74, 6) is 1.63. The molecule has 2 aliphatic rings. The molecule has 0 radical (unpaired) electrons. The first-order valence-corrected chi connectivity index (χ1v) is 11.0. The van der Waals surface area contributed by atoms with E-state index in [0.29, 0.717) is 35.8 Å². The van der Waals surface area contributed by atoms with Crippen molar-refractivity contribution in [3.05, 3.63) is 72.2 Å². The Bertz CT molecular complexity index is 1060. The molecule has 3 aromatic rings. The van der Waals surface area contributed by atoms with E-state index in [1.165, 1.54) is 0 Å². The largest absolute Gasteiger partial charge is 0.477 e.